The maximum absolute atomic E-state index is 12.5. The average molecular weight is 345 g/mol. The molecule has 4 saturated carbocycles. The number of ether oxygens (including phenoxy) is 1. The summed E-state index contributed by atoms with van der Waals surface area (Å²) in [6.45, 7) is 4.24. The Morgan fingerprint density at radius 2 is 1.96 bits per heavy atom. The zero-order chi connectivity index (χ0) is 17.8. The Morgan fingerprint density at radius 1 is 1.16 bits per heavy atom. The topological polar surface area (TPSA) is 67.2 Å². The molecule has 0 radical (unpaired) electrons. The van der Waals surface area contributed by atoms with Crippen molar-refractivity contribution in [2.45, 2.75) is 71.6 Å². The molecule has 0 heterocycles. The fourth-order valence-corrected chi connectivity index (χ4v) is 7.17. The molecule has 0 aromatic rings. The molecule has 138 valence electrons. The lowest BCUT2D eigenvalue weighted by Gasteiger charge is -2.60. The molecule has 25 heavy (non-hydrogen) atoms. The second-order valence-electron chi connectivity index (χ2n) is 9.39. The maximum atomic E-state index is 12.5. The molecule has 6 atom stereocenters. The Morgan fingerprint density at radius 3 is 2.72 bits per heavy atom. The Kier molecular flexibility index (Phi) is 4.08. The van der Waals surface area contributed by atoms with Crippen LogP contribution in [0.1, 0.15) is 71.6 Å². The molecule has 0 bridgehead atoms. The Bertz CT molecular complexity index is 614. The summed E-state index contributed by atoms with van der Waals surface area (Å²) in [5.74, 6) is 2.46. The van der Waals surface area contributed by atoms with Crippen LogP contribution in [0.5, 0.6) is 0 Å². The lowest BCUT2D eigenvalue weighted by molar-refractivity contribution is -0.163. The van der Waals surface area contributed by atoms with Gasteiger partial charge in [-0.05, 0) is 75.0 Å². The number of hydrogen-bond donors (Lipinski definition) is 1. The third-order valence-electron chi connectivity index (χ3n) is 8.48. The van der Waals surface area contributed by atoms with Gasteiger partial charge >= 0.3 is 5.97 Å². The van der Waals surface area contributed by atoms with Crippen LogP contribution >= 0.6 is 0 Å². The number of fused-ring (bicyclic) bond motifs is 5. The molecule has 0 aromatic heterocycles. The zero-order valence-electron chi connectivity index (χ0n) is 15.6. The van der Waals surface area contributed by atoms with Crippen molar-refractivity contribution in [1.82, 2.24) is 0 Å². The van der Waals surface area contributed by atoms with E-state index in [1.807, 2.05) is 0 Å². The first-order valence-corrected chi connectivity index (χ1v) is 10.1. The van der Waals surface area contributed by atoms with Crippen LogP contribution in [-0.4, -0.2) is 24.1 Å². The molecule has 4 unspecified atom stereocenters. The minimum Gasteiger partial charge on any atom is -0.465 e. The van der Waals surface area contributed by atoms with Crippen molar-refractivity contribution in [3.8, 4) is 0 Å². The van der Waals surface area contributed by atoms with Crippen molar-refractivity contribution in [1.29, 1.82) is 5.41 Å². The van der Waals surface area contributed by atoms with E-state index in [-0.39, 0.29) is 16.8 Å². The monoisotopic (exact) mass is 345 g/mol. The van der Waals surface area contributed by atoms with Crippen LogP contribution in [0.25, 0.3) is 0 Å². The fourth-order valence-electron chi connectivity index (χ4n) is 7.17. The number of esters is 1. The van der Waals surface area contributed by atoms with Gasteiger partial charge in [0.2, 0.25) is 0 Å². The van der Waals surface area contributed by atoms with Crippen LogP contribution in [0.15, 0.2) is 0 Å². The number of hydrogen-bond acceptors (Lipinski definition) is 4. The van der Waals surface area contributed by atoms with Crippen LogP contribution in [0.2, 0.25) is 0 Å². The van der Waals surface area contributed by atoms with Crippen molar-refractivity contribution in [3.63, 3.8) is 0 Å². The molecule has 0 aliphatic heterocycles. The molecule has 4 nitrogen and oxygen atoms in total. The average Bonchev–Trinajstić information content (AvgIpc) is 2.88. The van der Waals surface area contributed by atoms with Crippen molar-refractivity contribution < 1.29 is 14.3 Å². The van der Waals surface area contributed by atoms with Gasteiger partial charge in [0.1, 0.15) is 5.78 Å². The second kappa shape index (κ2) is 5.92. The molecule has 4 heteroatoms. The van der Waals surface area contributed by atoms with Crippen LogP contribution in [0, 0.1) is 39.9 Å². The molecule has 4 aliphatic rings. The van der Waals surface area contributed by atoms with Gasteiger partial charge in [-0.25, -0.2) is 0 Å². The van der Waals surface area contributed by atoms with E-state index in [9.17, 15) is 9.59 Å². The van der Waals surface area contributed by atoms with E-state index in [1.165, 1.54) is 13.3 Å². The SMILES string of the molecule is CC(=O)OC[C@]12CCC(=N)CC1CCC1C2CC[C@]2(C)C(=O)CCC12. The fraction of sp³-hybridized carbons (Fsp3) is 0.857. The van der Waals surface area contributed by atoms with Crippen molar-refractivity contribution in [3.05, 3.63) is 0 Å². The quantitative estimate of drug-likeness (QED) is 0.764. The smallest absolute Gasteiger partial charge is 0.302 e. The van der Waals surface area contributed by atoms with Crippen molar-refractivity contribution in [2.75, 3.05) is 6.61 Å². The lowest BCUT2D eigenvalue weighted by Crippen LogP contribution is -2.56. The predicted molar refractivity (Wildman–Crippen MR) is 95.4 cm³/mol. The van der Waals surface area contributed by atoms with E-state index in [4.69, 9.17) is 10.1 Å². The van der Waals surface area contributed by atoms with Gasteiger partial charge in [0.05, 0.1) is 6.61 Å². The molecular weight excluding hydrogens is 314 g/mol. The third-order valence-corrected chi connectivity index (χ3v) is 8.48. The number of rotatable bonds is 2. The number of ketones is 1. The van der Waals surface area contributed by atoms with E-state index in [1.54, 1.807) is 0 Å². The Balaban J connectivity index is 1.66. The van der Waals surface area contributed by atoms with E-state index >= 15 is 0 Å². The highest BCUT2D eigenvalue weighted by Gasteiger charge is 2.61. The van der Waals surface area contributed by atoms with Crippen LogP contribution < -0.4 is 0 Å². The Hall–Kier alpha value is -1.19. The van der Waals surface area contributed by atoms with Gasteiger partial charge in [0.15, 0.2) is 0 Å². The van der Waals surface area contributed by atoms with Crippen LogP contribution in [-0.2, 0) is 14.3 Å². The zero-order valence-corrected chi connectivity index (χ0v) is 15.6. The Labute approximate surface area is 150 Å². The largest absolute Gasteiger partial charge is 0.465 e. The number of carbonyl (C=O) groups is 2. The molecular formula is C21H31NO3. The summed E-state index contributed by atoms with van der Waals surface area (Å²) in [6.07, 6.45) is 8.95. The molecule has 4 aliphatic carbocycles. The molecule has 1 N–H and O–H groups in total. The highest BCUT2D eigenvalue weighted by molar-refractivity contribution is 5.87. The van der Waals surface area contributed by atoms with Gasteiger partial charge in [-0.1, -0.05) is 6.92 Å². The van der Waals surface area contributed by atoms with E-state index in [2.05, 4.69) is 6.92 Å². The van der Waals surface area contributed by atoms with Gasteiger partial charge in [0.25, 0.3) is 0 Å². The maximum Gasteiger partial charge on any atom is 0.302 e. The molecule has 4 rings (SSSR count). The highest BCUT2D eigenvalue weighted by atomic mass is 16.5. The number of nitrogens with one attached hydrogen (secondary N) is 1. The minimum absolute atomic E-state index is 0.0477. The summed E-state index contributed by atoms with van der Waals surface area (Å²) in [5, 5.41) is 8.17. The summed E-state index contributed by atoms with van der Waals surface area (Å²) in [7, 11) is 0. The van der Waals surface area contributed by atoms with Crippen molar-refractivity contribution >= 4 is 17.5 Å². The van der Waals surface area contributed by atoms with E-state index < -0.39 is 0 Å². The summed E-state index contributed by atoms with van der Waals surface area (Å²) in [5.41, 5.74) is 0.822. The lowest BCUT2D eigenvalue weighted by atomic mass is 9.45. The van der Waals surface area contributed by atoms with Gasteiger partial charge in [0, 0.05) is 29.9 Å². The van der Waals surface area contributed by atoms with Gasteiger partial charge in [-0.2, -0.15) is 0 Å². The standard InChI is InChI=1S/C21H31NO3/c1-13(23)25-12-21-10-7-15(22)11-14(21)3-4-16-17-5-6-19(24)20(17,2)9-8-18(16)21/h14,16-18,22H,3-12H2,1-2H3/t14?,16?,17?,18?,20-,21+/m0/s1. The van der Waals surface area contributed by atoms with E-state index in [0.29, 0.717) is 36.1 Å². The first-order valence-electron chi connectivity index (χ1n) is 10.1. The number of carbonyl (C=O) groups excluding carboxylic acids is 2. The summed E-state index contributed by atoms with van der Waals surface area (Å²) < 4.78 is 5.61. The molecule has 0 amide bonds. The normalized spacial score (nSPS) is 46.2. The molecule has 4 fully saturated rings. The third kappa shape index (κ3) is 2.50. The molecule has 0 saturated heterocycles. The summed E-state index contributed by atoms with van der Waals surface area (Å²) in [6, 6.07) is 0. The summed E-state index contributed by atoms with van der Waals surface area (Å²) in [4.78, 5) is 24.1. The van der Waals surface area contributed by atoms with Gasteiger partial charge < -0.3 is 10.1 Å². The van der Waals surface area contributed by atoms with Gasteiger partial charge in [-0.15, -0.1) is 0 Å². The van der Waals surface area contributed by atoms with Gasteiger partial charge in [-0.3, -0.25) is 9.59 Å². The minimum atomic E-state index is -0.187. The summed E-state index contributed by atoms with van der Waals surface area (Å²) >= 11 is 0. The first kappa shape index (κ1) is 17.2. The predicted octanol–water partition coefficient (Wildman–Crippen LogP) is 4.16. The molecule has 0 spiro atoms. The van der Waals surface area contributed by atoms with Crippen molar-refractivity contribution in [2.24, 2.45) is 34.5 Å². The first-order chi connectivity index (χ1) is 11.9. The second-order valence-corrected chi connectivity index (χ2v) is 9.39. The highest BCUT2D eigenvalue weighted by Crippen LogP contribution is 2.65. The molecule has 0 aromatic carbocycles. The van der Waals surface area contributed by atoms with Crippen LogP contribution in [0.3, 0.4) is 0 Å². The van der Waals surface area contributed by atoms with E-state index in [0.717, 1.165) is 57.1 Å². The van der Waals surface area contributed by atoms with Crippen LogP contribution in [0.4, 0.5) is 0 Å². The number of Topliss-reactive ketones (excluding diaryl/α,β-unsaturated/α-hetero) is 1.